The zero-order chi connectivity index (χ0) is 20.6. The molecule has 0 heterocycles. The van der Waals surface area contributed by atoms with Crippen molar-refractivity contribution in [3.8, 4) is 0 Å². The van der Waals surface area contributed by atoms with Gasteiger partial charge in [-0.3, -0.25) is 0 Å². The average Bonchev–Trinajstić information content (AvgIpc) is 3.49. The summed E-state index contributed by atoms with van der Waals surface area (Å²) < 4.78 is 0. The molecule has 7 unspecified atom stereocenters. The summed E-state index contributed by atoms with van der Waals surface area (Å²) in [5.41, 5.74) is 0.601. The van der Waals surface area contributed by atoms with E-state index in [0.29, 0.717) is 23.2 Å². The molecule has 4 rings (SSSR count). The van der Waals surface area contributed by atoms with Gasteiger partial charge in [-0.25, -0.2) is 0 Å². The first-order valence-corrected chi connectivity index (χ1v) is 12.4. The SMILES string of the molecule is CC1(C2CCC3(C)C(CC[C@@H]3CCCC(O)C3CC3)C2CC=N)C=CC(O)CC1. The van der Waals surface area contributed by atoms with Crippen LogP contribution in [-0.2, 0) is 0 Å². The van der Waals surface area contributed by atoms with E-state index in [9.17, 15) is 10.2 Å². The van der Waals surface area contributed by atoms with Gasteiger partial charge >= 0.3 is 0 Å². The topological polar surface area (TPSA) is 64.3 Å². The van der Waals surface area contributed by atoms with Gasteiger partial charge in [0, 0.05) is 0 Å². The molecule has 3 nitrogen and oxygen atoms in total. The molecule has 3 N–H and O–H groups in total. The maximum Gasteiger partial charge on any atom is 0.0721 e. The van der Waals surface area contributed by atoms with Gasteiger partial charge in [0.15, 0.2) is 0 Å². The van der Waals surface area contributed by atoms with Crippen molar-refractivity contribution in [3.63, 3.8) is 0 Å². The fraction of sp³-hybridized carbons (Fsp3) is 0.885. The monoisotopic (exact) mass is 401 g/mol. The molecule has 4 aliphatic rings. The predicted octanol–water partition coefficient (Wildman–Crippen LogP) is 5.74. The summed E-state index contributed by atoms with van der Waals surface area (Å²) in [6.07, 6.45) is 19.8. The molecule has 0 amide bonds. The second kappa shape index (κ2) is 8.46. The van der Waals surface area contributed by atoms with Crippen LogP contribution in [0.3, 0.4) is 0 Å². The predicted molar refractivity (Wildman–Crippen MR) is 119 cm³/mol. The van der Waals surface area contributed by atoms with E-state index in [1.165, 1.54) is 51.4 Å². The van der Waals surface area contributed by atoms with Crippen molar-refractivity contribution in [3.05, 3.63) is 12.2 Å². The second-order valence-electron chi connectivity index (χ2n) is 11.4. The fourth-order valence-electron chi connectivity index (χ4n) is 7.72. The Labute approximate surface area is 177 Å². The molecule has 0 aromatic carbocycles. The Balaban J connectivity index is 1.44. The molecule has 164 valence electrons. The van der Waals surface area contributed by atoms with Crippen LogP contribution in [0.4, 0.5) is 0 Å². The van der Waals surface area contributed by atoms with Crippen molar-refractivity contribution in [1.82, 2.24) is 0 Å². The first-order chi connectivity index (χ1) is 13.9. The summed E-state index contributed by atoms with van der Waals surface area (Å²) in [6, 6.07) is 0. The lowest BCUT2D eigenvalue weighted by atomic mass is 9.51. The smallest absolute Gasteiger partial charge is 0.0721 e. The second-order valence-corrected chi connectivity index (χ2v) is 11.4. The van der Waals surface area contributed by atoms with Crippen molar-refractivity contribution in [2.45, 2.75) is 103 Å². The van der Waals surface area contributed by atoms with Crippen LogP contribution in [0.5, 0.6) is 0 Å². The number of hydrogen-bond donors (Lipinski definition) is 3. The lowest BCUT2D eigenvalue weighted by Gasteiger charge is -2.54. The van der Waals surface area contributed by atoms with Crippen molar-refractivity contribution >= 4 is 6.21 Å². The number of hydrogen-bond acceptors (Lipinski definition) is 3. The van der Waals surface area contributed by atoms with E-state index < -0.39 is 0 Å². The number of nitrogens with one attached hydrogen (secondary N) is 1. The number of aliphatic hydroxyl groups is 2. The van der Waals surface area contributed by atoms with Gasteiger partial charge in [0.1, 0.15) is 0 Å². The maximum atomic E-state index is 10.2. The number of rotatable bonds is 8. The molecular formula is C26H43NO2. The largest absolute Gasteiger partial charge is 0.393 e. The van der Waals surface area contributed by atoms with Crippen LogP contribution in [0.1, 0.15) is 90.9 Å². The average molecular weight is 402 g/mol. The molecule has 3 heteroatoms. The Morgan fingerprint density at radius 1 is 1.07 bits per heavy atom. The van der Waals surface area contributed by atoms with Crippen molar-refractivity contribution in [2.75, 3.05) is 0 Å². The number of fused-ring (bicyclic) bond motifs is 1. The highest BCUT2D eigenvalue weighted by Crippen LogP contribution is 2.63. The molecule has 0 aromatic heterocycles. The van der Waals surface area contributed by atoms with Crippen molar-refractivity contribution < 1.29 is 10.2 Å². The maximum absolute atomic E-state index is 10.2. The molecule has 0 spiro atoms. The molecule has 0 aliphatic heterocycles. The summed E-state index contributed by atoms with van der Waals surface area (Å²) >= 11 is 0. The van der Waals surface area contributed by atoms with Gasteiger partial charge in [-0.05, 0) is 117 Å². The first kappa shape index (κ1) is 21.6. The Morgan fingerprint density at radius 2 is 1.86 bits per heavy atom. The third-order valence-corrected chi connectivity index (χ3v) is 9.77. The zero-order valence-electron chi connectivity index (χ0n) is 18.7. The lowest BCUT2D eigenvalue weighted by molar-refractivity contribution is -0.0308. The fourth-order valence-corrected chi connectivity index (χ4v) is 7.72. The molecule has 3 saturated carbocycles. The highest BCUT2D eigenvalue weighted by molar-refractivity contribution is 5.53. The van der Waals surface area contributed by atoms with Gasteiger partial charge in [-0.15, -0.1) is 0 Å². The molecule has 0 saturated heterocycles. The third-order valence-electron chi connectivity index (χ3n) is 9.77. The van der Waals surface area contributed by atoms with Gasteiger partial charge in [0.2, 0.25) is 0 Å². The van der Waals surface area contributed by atoms with E-state index in [4.69, 9.17) is 5.41 Å². The van der Waals surface area contributed by atoms with Gasteiger partial charge in [-0.1, -0.05) is 32.4 Å². The van der Waals surface area contributed by atoms with Crippen LogP contribution < -0.4 is 0 Å². The summed E-state index contributed by atoms with van der Waals surface area (Å²) in [5, 5.41) is 28.1. The van der Waals surface area contributed by atoms with Crippen LogP contribution >= 0.6 is 0 Å². The molecule has 8 atom stereocenters. The van der Waals surface area contributed by atoms with E-state index in [-0.39, 0.29) is 17.6 Å². The van der Waals surface area contributed by atoms with Gasteiger partial charge in [0.25, 0.3) is 0 Å². The molecule has 29 heavy (non-hydrogen) atoms. The van der Waals surface area contributed by atoms with Gasteiger partial charge < -0.3 is 15.6 Å². The first-order valence-electron chi connectivity index (χ1n) is 12.4. The van der Waals surface area contributed by atoms with Crippen LogP contribution in [0, 0.1) is 45.8 Å². The Bertz CT molecular complexity index is 614. The normalized spacial score (nSPS) is 45.7. The molecule has 4 aliphatic carbocycles. The quantitative estimate of drug-likeness (QED) is 0.358. The lowest BCUT2D eigenvalue weighted by Crippen LogP contribution is -2.47. The minimum absolute atomic E-state index is 0.0465. The number of allylic oxidation sites excluding steroid dienone is 1. The highest BCUT2D eigenvalue weighted by Gasteiger charge is 2.55. The summed E-state index contributed by atoms with van der Waals surface area (Å²) in [7, 11) is 0. The minimum atomic E-state index is -0.264. The van der Waals surface area contributed by atoms with E-state index in [0.717, 1.165) is 37.5 Å². The van der Waals surface area contributed by atoms with Crippen LogP contribution in [0.15, 0.2) is 12.2 Å². The molecule has 3 fully saturated rings. The van der Waals surface area contributed by atoms with E-state index in [1.54, 1.807) is 6.21 Å². The van der Waals surface area contributed by atoms with Crippen LogP contribution in [-0.4, -0.2) is 28.6 Å². The van der Waals surface area contributed by atoms with Crippen molar-refractivity contribution in [2.24, 2.45) is 40.4 Å². The third kappa shape index (κ3) is 4.24. The van der Waals surface area contributed by atoms with Crippen LogP contribution in [0.25, 0.3) is 0 Å². The summed E-state index contributed by atoms with van der Waals surface area (Å²) in [5.74, 6) is 3.39. The van der Waals surface area contributed by atoms with E-state index in [1.807, 2.05) is 6.08 Å². The Hall–Kier alpha value is -0.670. The summed E-state index contributed by atoms with van der Waals surface area (Å²) in [4.78, 5) is 0. The van der Waals surface area contributed by atoms with Gasteiger partial charge in [0.05, 0.1) is 12.2 Å². The van der Waals surface area contributed by atoms with E-state index >= 15 is 0 Å². The standard InChI is InChI=1S/C26H43NO2/c1-25(14-10-20(28)11-15-25)22-12-16-26(2)19(4-3-5-24(29)18-6-7-18)8-9-23(26)21(22)13-17-27/h10,14,17-24,27-29H,3-9,11-13,15-16H2,1-2H3/t19-,20?,21?,22?,23?,24?,25?,26?/m0/s1. The summed E-state index contributed by atoms with van der Waals surface area (Å²) in [6.45, 7) is 4.97. The molecule has 0 aromatic rings. The minimum Gasteiger partial charge on any atom is -0.393 e. The molecular weight excluding hydrogens is 358 g/mol. The Kier molecular flexibility index (Phi) is 6.29. The van der Waals surface area contributed by atoms with Crippen molar-refractivity contribution in [1.29, 1.82) is 5.41 Å². The van der Waals surface area contributed by atoms with Gasteiger partial charge in [-0.2, -0.15) is 0 Å². The molecule has 0 radical (unpaired) electrons. The highest BCUT2D eigenvalue weighted by atomic mass is 16.3. The Morgan fingerprint density at radius 3 is 2.52 bits per heavy atom. The van der Waals surface area contributed by atoms with Crippen LogP contribution in [0.2, 0.25) is 0 Å². The number of aliphatic hydroxyl groups excluding tert-OH is 2. The zero-order valence-corrected chi connectivity index (χ0v) is 18.7. The molecule has 0 bridgehead atoms. The van der Waals surface area contributed by atoms with E-state index in [2.05, 4.69) is 19.9 Å².